The van der Waals surface area contributed by atoms with Gasteiger partial charge < -0.3 is 9.84 Å². The first-order valence-electron chi connectivity index (χ1n) is 5.52. The van der Waals surface area contributed by atoms with E-state index in [1.165, 1.54) is 0 Å². The normalized spacial score (nSPS) is 12.1. The molecule has 0 aliphatic heterocycles. The molecule has 0 amide bonds. The fraction of sp³-hybridized carbons (Fsp3) is 0.818. The third kappa shape index (κ3) is 3.53. The summed E-state index contributed by atoms with van der Waals surface area (Å²) in [5.41, 5.74) is 0.256. The molecule has 1 N–H and O–H groups in total. The van der Waals surface area contributed by atoms with Gasteiger partial charge in [-0.1, -0.05) is 39.8 Å². The first-order valence-corrected chi connectivity index (χ1v) is 5.52. The van der Waals surface area contributed by atoms with Gasteiger partial charge in [0.2, 0.25) is 0 Å². The second-order valence-electron chi connectivity index (χ2n) is 4.98. The highest BCUT2D eigenvalue weighted by molar-refractivity contribution is 5.19. The summed E-state index contributed by atoms with van der Waals surface area (Å²) in [4.78, 5) is 4.26. The molecule has 1 rings (SSSR count). The molecule has 0 unspecified atom stereocenters. The molecule has 0 spiro atoms. The van der Waals surface area contributed by atoms with Gasteiger partial charge in [-0.3, -0.25) is 0 Å². The van der Waals surface area contributed by atoms with Crippen molar-refractivity contribution in [2.75, 3.05) is 11.9 Å². The Balaban J connectivity index is 2.51. The summed E-state index contributed by atoms with van der Waals surface area (Å²) < 4.78 is 5.09. The molecule has 0 bridgehead atoms. The number of aromatic nitrogens is 2. The van der Waals surface area contributed by atoms with Crippen LogP contribution >= 0.6 is 0 Å². The van der Waals surface area contributed by atoms with Gasteiger partial charge in [-0.05, 0) is 11.8 Å². The van der Waals surface area contributed by atoms with Gasteiger partial charge >= 0.3 is 6.01 Å². The predicted octanol–water partition coefficient (Wildman–Crippen LogP) is 3.04. The zero-order chi connectivity index (χ0) is 11.5. The van der Waals surface area contributed by atoms with Crippen LogP contribution < -0.4 is 5.32 Å². The van der Waals surface area contributed by atoms with E-state index in [-0.39, 0.29) is 5.41 Å². The van der Waals surface area contributed by atoms with E-state index in [0.717, 1.165) is 18.8 Å². The molecule has 0 fully saturated rings. The molecule has 1 aromatic heterocycles. The summed E-state index contributed by atoms with van der Waals surface area (Å²) >= 11 is 0. The van der Waals surface area contributed by atoms with Crippen molar-refractivity contribution in [3.8, 4) is 0 Å². The Kier molecular flexibility index (Phi) is 3.72. The fourth-order valence-electron chi connectivity index (χ4n) is 0.981. The van der Waals surface area contributed by atoms with Crippen LogP contribution in [0, 0.1) is 5.41 Å². The highest BCUT2D eigenvalue weighted by Gasteiger charge is 2.16. The van der Waals surface area contributed by atoms with Crippen LogP contribution in [0.15, 0.2) is 4.52 Å². The van der Waals surface area contributed by atoms with E-state index in [1.807, 2.05) is 13.8 Å². The average molecular weight is 211 g/mol. The van der Waals surface area contributed by atoms with E-state index in [9.17, 15) is 0 Å². The van der Waals surface area contributed by atoms with E-state index in [2.05, 4.69) is 36.2 Å². The molecule has 0 aliphatic rings. The maximum absolute atomic E-state index is 5.09. The first kappa shape index (κ1) is 12.0. The molecule has 1 aromatic rings. The van der Waals surface area contributed by atoms with Crippen LogP contribution in [0.5, 0.6) is 0 Å². The molecular formula is C11H21N3O. The Bertz CT molecular complexity index is 305. The molecule has 0 aliphatic carbocycles. The van der Waals surface area contributed by atoms with E-state index < -0.39 is 0 Å². The minimum absolute atomic E-state index is 0.256. The zero-order valence-corrected chi connectivity index (χ0v) is 10.3. The van der Waals surface area contributed by atoms with Gasteiger partial charge in [0.25, 0.3) is 0 Å². The Morgan fingerprint density at radius 2 is 2.07 bits per heavy atom. The Labute approximate surface area is 91.5 Å². The van der Waals surface area contributed by atoms with Crippen LogP contribution in [-0.2, 0) is 0 Å². The van der Waals surface area contributed by atoms with Crippen molar-refractivity contribution in [2.24, 2.45) is 5.41 Å². The van der Waals surface area contributed by atoms with Crippen LogP contribution in [0.1, 0.15) is 52.8 Å². The van der Waals surface area contributed by atoms with Gasteiger partial charge in [0.15, 0.2) is 5.82 Å². The lowest BCUT2D eigenvalue weighted by atomic mass is 9.90. The van der Waals surface area contributed by atoms with E-state index in [4.69, 9.17) is 4.52 Å². The minimum Gasteiger partial charge on any atom is -0.337 e. The highest BCUT2D eigenvalue weighted by atomic mass is 16.5. The molecule has 0 saturated heterocycles. The maximum atomic E-state index is 5.09. The summed E-state index contributed by atoms with van der Waals surface area (Å²) in [5, 5.41) is 7.06. The molecular weight excluding hydrogens is 190 g/mol. The van der Waals surface area contributed by atoms with Crippen LogP contribution in [0.3, 0.4) is 0 Å². The van der Waals surface area contributed by atoms with Crippen LogP contribution in [0.4, 0.5) is 6.01 Å². The number of rotatable bonds is 5. The van der Waals surface area contributed by atoms with Crippen molar-refractivity contribution in [2.45, 2.75) is 47.0 Å². The lowest BCUT2D eigenvalue weighted by Gasteiger charge is -2.21. The SMILES string of the molecule is CCC(C)(C)CNc1nc(C(C)C)no1. The summed E-state index contributed by atoms with van der Waals surface area (Å²) in [6.07, 6.45) is 1.12. The van der Waals surface area contributed by atoms with E-state index >= 15 is 0 Å². The Morgan fingerprint density at radius 1 is 1.40 bits per heavy atom. The van der Waals surface area contributed by atoms with Crippen molar-refractivity contribution < 1.29 is 4.52 Å². The molecule has 4 heteroatoms. The maximum Gasteiger partial charge on any atom is 0.321 e. The van der Waals surface area contributed by atoms with Crippen LogP contribution in [-0.4, -0.2) is 16.7 Å². The van der Waals surface area contributed by atoms with Gasteiger partial charge in [0.1, 0.15) is 0 Å². The molecule has 0 atom stereocenters. The van der Waals surface area contributed by atoms with Crippen molar-refractivity contribution in [1.29, 1.82) is 0 Å². The van der Waals surface area contributed by atoms with Crippen molar-refractivity contribution in [3.63, 3.8) is 0 Å². The van der Waals surface area contributed by atoms with Gasteiger partial charge in [-0.25, -0.2) is 0 Å². The highest BCUT2D eigenvalue weighted by Crippen LogP contribution is 2.20. The number of nitrogens with one attached hydrogen (secondary N) is 1. The van der Waals surface area contributed by atoms with Crippen molar-refractivity contribution in [3.05, 3.63) is 5.82 Å². The summed E-state index contributed by atoms with van der Waals surface area (Å²) in [7, 11) is 0. The van der Waals surface area contributed by atoms with E-state index in [1.54, 1.807) is 0 Å². The summed E-state index contributed by atoms with van der Waals surface area (Å²) in [6.45, 7) is 11.5. The number of hydrogen-bond donors (Lipinski definition) is 1. The second-order valence-corrected chi connectivity index (χ2v) is 4.98. The molecule has 0 aromatic carbocycles. The molecule has 15 heavy (non-hydrogen) atoms. The third-order valence-electron chi connectivity index (χ3n) is 2.63. The topological polar surface area (TPSA) is 51.0 Å². The van der Waals surface area contributed by atoms with Gasteiger partial charge in [0, 0.05) is 12.5 Å². The Hall–Kier alpha value is -1.06. The quantitative estimate of drug-likeness (QED) is 0.813. The lowest BCUT2D eigenvalue weighted by molar-refractivity contribution is 0.363. The summed E-state index contributed by atoms with van der Waals surface area (Å²) in [5.74, 6) is 1.07. The van der Waals surface area contributed by atoms with Gasteiger partial charge in [-0.2, -0.15) is 4.98 Å². The number of hydrogen-bond acceptors (Lipinski definition) is 4. The standard InChI is InChI=1S/C11H21N3O/c1-6-11(4,5)7-12-10-13-9(8(2)3)14-15-10/h8H,6-7H2,1-5H3,(H,12,13,14). The molecule has 0 radical (unpaired) electrons. The molecule has 4 nitrogen and oxygen atoms in total. The van der Waals surface area contributed by atoms with Crippen molar-refractivity contribution in [1.82, 2.24) is 10.1 Å². The predicted molar refractivity (Wildman–Crippen MR) is 60.9 cm³/mol. The Morgan fingerprint density at radius 3 is 2.53 bits per heavy atom. The molecule has 86 valence electrons. The largest absolute Gasteiger partial charge is 0.337 e. The monoisotopic (exact) mass is 211 g/mol. The van der Waals surface area contributed by atoms with Crippen LogP contribution in [0.2, 0.25) is 0 Å². The zero-order valence-electron chi connectivity index (χ0n) is 10.3. The van der Waals surface area contributed by atoms with Crippen LogP contribution in [0.25, 0.3) is 0 Å². The third-order valence-corrected chi connectivity index (χ3v) is 2.63. The first-order chi connectivity index (χ1) is 6.94. The second kappa shape index (κ2) is 4.64. The molecule has 0 saturated carbocycles. The fourth-order valence-corrected chi connectivity index (χ4v) is 0.981. The van der Waals surface area contributed by atoms with Gasteiger partial charge in [-0.15, -0.1) is 0 Å². The minimum atomic E-state index is 0.256. The smallest absolute Gasteiger partial charge is 0.321 e. The van der Waals surface area contributed by atoms with Gasteiger partial charge in [0.05, 0.1) is 0 Å². The number of nitrogens with zero attached hydrogens (tertiary/aromatic N) is 2. The van der Waals surface area contributed by atoms with Crippen molar-refractivity contribution >= 4 is 6.01 Å². The molecule has 1 heterocycles. The summed E-state index contributed by atoms with van der Waals surface area (Å²) in [6, 6.07) is 0.528. The lowest BCUT2D eigenvalue weighted by Crippen LogP contribution is -2.22. The average Bonchev–Trinajstić information content (AvgIpc) is 2.63. The van der Waals surface area contributed by atoms with E-state index in [0.29, 0.717) is 11.9 Å². The number of anilines is 1.